The molecule has 0 saturated carbocycles. The van der Waals surface area contributed by atoms with Crippen LogP contribution in [0.3, 0.4) is 0 Å². The van der Waals surface area contributed by atoms with E-state index in [1.54, 1.807) is 12.1 Å². The number of amides is 2. The summed E-state index contributed by atoms with van der Waals surface area (Å²) in [6.45, 7) is 1.81. The second-order valence-corrected chi connectivity index (χ2v) is 9.10. The number of nitrogens with two attached hydrogens (primary N) is 1. The van der Waals surface area contributed by atoms with Crippen LogP contribution < -0.4 is 15.8 Å². The summed E-state index contributed by atoms with van der Waals surface area (Å²) in [4.78, 5) is 25.1. The van der Waals surface area contributed by atoms with E-state index < -0.39 is 22.0 Å². The van der Waals surface area contributed by atoms with E-state index in [0.717, 1.165) is 11.1 Å². The molecule has 1 aliphatic rings. The monoisotopic (exact) mass is 459 g/mol. The zero-order chi connectivity index (χ0) is 22.3. The summed E-state index contributed by atoms with van der Waals surface area (Å²) in [5.41, 5.74) is 2.53. The van der Waals surface area contributed by atoms with Crippen LogP contribution in [0.2, 0.25) is 5.02 Å². The van der Waals surface area contributed by atoms with E-state index in [1.807, 2.05) is 19.1 Å². The molecule has 2 heterocycles. The van der Waals surface area contributed by atoms with Gasteiger partial charge >= 0.3 is 0 Å². The van der Waals surface area contributed by atoms with E-state index >= 15 is 0 Å². The average molecular weight is 460 g/mol. The molecule has 1 atom stereocenters. The smallest absolute Gasteiger partial charge is 0.249 e. The Morgan fingerprint density at radius 2 is 1.84 bits per heavy atom. The number of nitrogens with zero attached hydrogens (tertiary/aromatic N) is 2. The number of benzene rings is 2. The molecule has 2 amide bonds. The Morgan fingerprint density at radius 1 is 1.19 bits per heavy atom. The third-order valence-corrected chi connectivity index (χ3v) is 6.13. The molecule has 9 nitrogen and oxygen atoms in total. The molecule has 11 heteroatoms. The van der Waals surface area contributed by atoms with Gasteiger partial charge in [0.15, 0.2) is 0 Å². The number of halogens is 1. The SMILES string of the molecule is Cc1c(-c2ccc(Cl)cc2)nn2c1NC(=O)CC2C(=O)Nc1ccc(S(N)(=O)=O)cc1. The van der Waals surface area contributed by atoms with E-state index in [0.29, 0.717) is 22.2 Å². The lowest BCUT2D eigenvalue weighted by Crippen LogP contribution is -2.35. The van der Waals surface area contributed by atoms with E-state index in [9.17, 15) is 18.0 Å². The quantitative estimate of drug-likeness (QED) is 0.551. The van der Waals surface area contributed by atoms with Gasteiger partial charge in [0.1, 0.15) is 11.9 Å². The minimum atomic E-state index is -3.83. The molecular formula is C20H18ClN5O4S. The number of nitrogens with one attached hydrogen (secondary N) is 2. The van der Waals surface area contributed by atoms with Crippen molar-refractivity contribution in [3.63, 3.8) is 0 Å². The van der Waals surface area contributed by atoms with Gasteiger partial charge in [-0.1, -0.05) is 23.7 Å². The van der Waals surface area contributed by atoms with Crippen LogP contribution in [-0.2, 0) is 19.6 Å². The highest BCUT2D eigenvalue weighted by atomic mass is 35.5. The predicted molar refractivity (Wildman–Crippen MR) is 116 cm³/mol. The highest BCUT2D eigenvalue weighted by Crippen LogP contribution is 2.34. The topological polar surface area (TPSA) is 136 Å². The average Bonchev–Trinajstić information content (AvgIpc) is 3.04. The molecule has 4 N–H and O–H groups in total. The number of hydrogen-bond donors (Lipinski definition) is 3. The third-order valence-electron chi connectivity index (χ3n) is 4.95. The van der Waals surface area contributed by atoms with Crippen molar-refractivity contribution in [2.45, 2.75) is 24.3 Å². The lowest BCUT2D eigenvalue weighted by Gasteiger charge is -2.24. The van der Waals surface area contributed by atoms with Crippen molar-refractivity contribution in [2.75, 3.05) is 10.6 Å². The number of rotatable bonds is 4. The summed E-state index contributed by atoms with van der Waals surface area (Å²) >= 11 is 5.96. The van der Waals surface area contributed by atoms with Crippen molar-refractivity contribution in [3.8, 4) is 11.3 Å². The van der Waals surface area contributed by atoms with Crippen molar-refractivity contribution >= 4 is 44.9 Å². The third kappa shape index (κ3) is 4.18. The molecule has 1 aromatic heterocycles. The number of primary sulfonamides is 1. The van der Waals surface area contributed by atoms with Gasteiger partial charge in [-0.05, 0) is 43.3 Å². The van der Waals surface area contributed by atoms with E-state index in [2.05, 4.69) is 15.7 Å². The summed E-state index contributed by atoms with van der Waals surface area (Å²) in [6, 6.07) is 11.7. The molecule has 160 valence electrons. The highest BCUT2D eigenvalue weighted by Gasteiger charge is 2.34. The maximum atomic E-state index is 12.9. The molecule has 0 radical (unpaired) electrons. The number of fused-ring (bicyclic) bond motifs is 1. The second-order valence-electron chi connectivity index (χ2n) is 7.10. The van der Waals surface area contributed by atoms with Gasteiger partial charge in [0.2, 0.25) is 21.8 Å². The van der Waals surface area contributed by atoms with Gasteiger partial charge in [-0.15, -0.1) is 0 Å². The van der Waals surface area contributed by atoms with Crippen molar-refractivity contribution in [2.24, 2.45) is 5.14 Å². The number of aromatic nitrogens is 2. The predicted octanol–water partition coefficient (Wildman–Crippen LogP) is 2.68. The van der Waals surface area contributed by atoms with E-state index in [-0.39, 0.29) is 17.2 Å². The molecule has 0 spiro atoms. The number of hydrogen-bond acceptors (Lipinski definition) is 5. The van der Waals surface area contributed by atoms with Crippen molar-refractivity contribution < 1.29 is 18.0 Å². The Hall–Kier alpha value is -3.21. The Balaban J connectivity index is 1.64. The Morgan fingerprint density at radius 3 is 2.45 bits per heavy atom. The Kier molecular flexibility index (Phi) is 5.29. The van der Waals surface area contributed by atoms with E-state index in [4.69, 9.17) is 16.7 Å². The van der Waals surface area contributed by atoms with Crippen LogP contribution in [0.1, 0.15) is 18.0 Å². The standard InChI is InChI=1S/C20H18ClN5O4S/c1-11-18(12-2-4-13(21)5-3-12)25-26-16(10-17(27)24-19(11)26)20(28)23-14-6-8-15(9-7-14)31(22,29)30/h2-9,16H,10H2,1H3,(H,23,28)(H,24,27)(H2,22,29,30). The lowest BCUT2D eigenvalue weighted by molar-refractivity contribution is -0.125. The van der Waals surface area contributed by atoms with Gasteiger partial charge in [0.25, 0.3) is 0 Å². The fourth-order valence-electron chi connectivity index (χ4n) is 3.38. The fraction of sp³-hybridized carbons (Fsp3) is 0.150. The first-order valence-electron chi connectivity index (χ1n) is 9.22. The van der Waals surface area contributed by atoms with Crippen LogP contribution in [0.15, 0.2) is 53.4 Å². The maximum Gasteiger partial charge on any atom is 0.249 e. The number of carbonyl (C=O) groups is 2. The fourth-order valence-corrected chi connectivity index (χ4v) is 4.02. The van der Waals surface area contributed by atoms with Gasteiger partial charge in [-0.3, -0.25) is 9.59 Å². The normalized spacial score (nSPS) is 15.8. The first-order chi connectivity index (χ1) is 14.6. The zero-order valence-electron chi connectivity index (χ0n) is 16.3. The first-order valence-corrected chi connectivity index (χ1v) is 11.1. The molecule has 0 aliphatic carbocycles. The summed E-state index contributed by atoms with van der Waals surface area (Å²) in [7, 11) is -3.83. The largest absolute Gasteiger partial charge is 0.324 e. The van der Waals surface area contributed by atoms with Crippen LogP contribution >= 0.6 is 11.6 Å². The van der Waals surface area contributed by atoms with Gasteiger partial charge in [0, 0.05) is 21.8 Å². The zero-order valence-corrected chi connectivity index (χ0v) is 17.9. The molecule has 31 heavy (non-hydrogen) atoms. The van der Waals surface area contributed by atoms with Crippen LogP contribution in [0.5, 0.6) is 0 Å². The lowest BCUT2D eigenvalue weighted by atomic mass is 10.1. The summed E-state index contributed by atoms with van der Waals surface area (Å²) < 4.78 is 24.3. The van der Waals surface area contributed by atoms with Crippen molar-refractivity contribution in [1.29, 1.82) is 0 Å². The molecule has 0 bridgehead atoms. The molecule has 0 saturated heterocycles. The molecule has 2 aromatic carbocycles. The number of anilines is 2. The minimum absolute atomic E-state index is 0.0693. The minimum Gasteiger partial charge on any atom is -0.324 e. The van der Waals surface area contributed by atoms with Gasteiger partial charge in [-0.2, -0.15) is 5.10 Å². The van der Waals surface area contributed by atoms with Crippen LogP contribution in [0.25, 0.3) is 11.3 Å². The molecule has 1 unspecified atom stereocenters. The maximum absolute atomic E-state index is 12.9. The summed E-state index contributed by atoms with van der Waals surface area (Å²) in [5.74, 6) is -0.307. The second kappa shape index (κ2) is 7.80. The van der Waals surface area contributed by atoms with Crippen LogP contribution in [0.4, 0.5) is 11.5 Å². The molecule has 1 aliphatic heterocycles. The molecule has 0 fully saturated rings. The highest BCUT2D eigenvalue weighted by molar-refractivity contribution is 7.89. The van der Waals surface area contributed by atoms with Crippen molar-refractivity contribution in [3.05, 3.63) is 59.1 Å². The molecule has 4 rings (SSSR count). The van der Waals surface area contributed by atoms with E-state index in [1.165, 1.54) is 28.9 Å². The van der Waals surface area contributed by atoms with Crippen LogP contribution in [-0.4, -0.2) is 30.0 Å². The van der Waals surface area contributed by atoms with Crippen LogP contribution in [0, 0.1) is 6.92 Å². The Bertz CT molecular complexity index is 1280. The van der Waals surface area contributed by atoms with Gasteiger partial charge < -0.3 is 10.6 Å². The molecule has 3 aromatic rings. The summed E-state index contributed by atoms with van der Waals surface area (Å²) in [5, 5.41) is 15.7. The van der Waals surface area contributed by atoms with Crippen molar-refractivity contribution in [1.82, 2.24) is 9.78 Å². The number of carbonyl (C=O) groups excluding carboxylic acids is 2. The number of sulfonamides is 1. The summed E-state index contributed by atoms with van der Waals surface area (Å²) in [6.07, 6.45) is -0.0880. The van der Waals surface area contributed by atoms with Gasteiger partial charge in [0.05, 0.1) is 17.0 Å². The Labute approximate surface area is 183 Å². The molecular weight excluding hydrogens is 442 g/mol. The van der Waals surface area contributed by atoms with Gasteiger partial charge in [-0.25, -0.2) is 18.2 Å². The first kappa shape index (κ1) is 21.0.